The molecule has 3 aromatic rings. The molecular formula is C26H30O15. The first kappa shape index (κ1) is 30.6. The second kappa shape index (κ2) is 12.7. The van der Waals surface area contributed by atoms with Gasteiger partial charge >= 0.3 is 0 Å². The van der Waals surface area contributed by atoms with Crippen LogP contribution in [0.1, 0.15) is 0 Å². The summed E-state index contributed by atoms with van der Waals surface area (Å²) in [6.07, 6.45) is -11.8. The van der Waals surface area contributed by atoms with Gasteiger partial charge in [0.15, 0.2) is 17.6 Å². The molecule has 2 saturated heterocycles. The van der Waals surface area contributed by atoms with Gasteiger partial charge in [0, 0.05) is 0 Å². The third kappa shape index (κ3) is 6.29. The van der Waals surface area contributed by atoms with Crippen molar-refractivity contribution in [2.24, 2.45) is 0 Å². The fourth-order valence-electron chi connectivity index (χ4n) is 4.19. The standard InChI is InChI=1S/C21H20O10.C5H10O5/c22-7-14-16(26)17(27)18(28)21(30-14)31-20-13(24)6-5-11-15(25)12(8-29-19(11)20)9-1-3-10(23)4-2-9;6-2-1-10-5(9)4(8)3(2)7/h1-6,8,14,16-18,21-24,26-28H,7H2;2-9H,1H2/t14-,16-,17+,18-,21+;2-,3+,4-,5?/m11/s1. The highest BCUT2D eigenvalue weighted by atomic mass is 16.7. The van der Waals surface area contributed by atoms with Crippen LogP contribution in [-0.2, 0) is 9.47 Å². The van der Waals surface area contributed by atoms with Gasteiger partial charge in [-0.15, -0.1) is 0 Å². The Morgan fingerprint density at radius 1 is 0.829 bits per heavy atom. The fourth-order valence-corrected chi connectivity index (χ4v) is 4.19. The number of hydrogen-bond donors (Lipinski definition) is 10. The summed E-state index contributed by atoms with van der Waals surface area (Å²) >= 11 is 0. The van der Waals surface area contributed by atoms with Crippen molar-refractivity contribution in [1.29, 1.82) is 0 Å². The SMILES string of the molecule is O=c1c(-c2ccc(O)cc2)coc2c(O[C@@H]3O[C@H](CO)[C@@H](O)[C@H](O)[C@H]3O)c(O)ccc12.OC1OC[C@@H](O)[C@H](O)[C@H]1O. The largest absolute Gasteiger partial charge is 0.508 e. The Bertz CT molecular complexity index is 1360. The number of benzene rings is 2. The second-order valence-electron chi connectivity index (χ2n) is 9.40. The molecule has 0 spiro atoms. The molecule has 5 rings (SSSR count). The van der Waals surface area contributed by atoms with E-state index in [0.29, 0.717) is 5.56 Å². The lowest BCUT2D eigenvalue weighted by Crippen LogP contribution is -2.60. The van der Waals surface area contributed by atoms with E-state index in [4.69, 9.17) is 34.3 Å². The summed E-state index contributed by atoms with van der Waals surface area (Å²) in [6.45, 7) is -0.809. The zero-order chi connectivity index (χ0) is 30.0. The number of aliphatic hydroxyl groups excluding tert-OH is 8. The lowest BCUT2D eigenvalue weighted by Gasteiger charge is -2.39. The number of aliphatic hydroxyl groups is 8. The van der Waals surface area contributed by atoms with E-state index in [2.05, 4.69) is 4.74 Å². The first-order chi connectivity index (χ1) is 19.4. The van der Waals surface area contributed by atoms with Gasteiger partial charge in [0.05, 0.1) is 24.2 Å². The zero-order valence-corrected chi connectivity index (χ0v) is 21.2. The Labute approximate surface area is 230 Å². The van der Waals surface area contributed by atoms with Crippen molar-refractivity contribution in [3.05, 3.63) is 52.9 Å². The summed E-state index contributed by atoms with van der Waals surface area (Å²) in [5, 5.41) is 94.3. The van der Waals surface area contributed by atoms with E-state index in [-0.39, 0.29) is 34.6 Å². The highest BCUT2D eigenvalue weighted by Crippen LogP contribution is 2.37. The summed E-state index contributed by atoms with van der Waals surface area (Å²) in [4.78, 5) is 13.0. The molecule has 15 heteroatoms. The molecule has 41 heavy (non-hydrogen) atoms. The van der Waals surface area contributed by atoms with Crippen LogP contribution >= 0.6 is 0 Å². The first-order valence-electron chi connectivity index (χ1n) is 12.3. The number of rotatable bonds is 4. The van der Waals surface area contributed by atoms with Crippen LogP contribution < -0.4 is 10.2 Å². The number of aromatic hydroxyl groups is 2. The van der Waals surface area contributed by atoms with Gasteiger partial charge in [0.1, 0.15) is 54.7 Å². The average Bonchev–Trinajstić information content (AvgIpc) is 2.96. The van der Waals surface area contributed by atoms with Gasteiger partial charge in [0.2, 0.25) is 17.5 Å². The zero-order valence-electron chi connectivity index (χ0n) is 21.2. The van der Waals surface area contributed by atoms with Crippen LogP contribution in [0, 0.1) is 0 Å². The molecule has 0 radical (unpaired) electrons. The van der Waals surface area contributed by atoms with Gasteiger partial charge in [-0.3, -0.25) is 4.79 Å². The maximum absolute atomic E-state index is 13.0. The third-order valence-electron chi connectivity index (χ3n) is 6.61. The van der Waals surface area contributed by atoms with E-state index in [9.17, 15) is 35.4 Å². The summed E-state index contributed by atoms with van der Waals surface area (Å²) in [7, 11) is 0. The minimum absolute atomic E-state index is 0.0362. The van der Waals surface area contributed by atoms with Crippen molar-refractivity contribution >= 4 is 11.0 Å². The van der Waals surface area contributed by atoms with Gasteiger partial charge in [-0.25, -0.2) is 0 Å². The molecule has 3 heterocycles. The first-order valence-corrected chi connectivity index (χ1v) is 12.3. The molecule has 0 amide bonds. The number of phenols is 2. The van der Waals surface area contributed by atoms with Crippen molar-refractivity contribution in [3.8, 4) is 28.4 Å². The van der Waals surface area contributed by atoms with Crippen molar-refractivity contribution in [1.82, 2.24) is 0 Å². The molecule has 2 aliphatic rings. The molecule has 2 fully saturated rings. The van der Waals surface area contributed by atoms with Crippen molar-refractivity contribution in [3.63, 3.8) is 0 Å². The molecule has 2 aromatic carbocycles. The van der Waals surface area contributed by atoms with Crippen molar-refractivity contribution < 1.29 is 69.7 Å². The van der Waals surface area contributed by atoms with Gasteiger partial charge in [-0.1, -0.05) is 12.1 Å². The molecule has 2 aliphatic heterocycles. The Balaban J connectivity index is 0.000000328. The van der Waals surface area contributed by atoms with E-state index in [0.717, 1.165) is 6.26 Å². The Kier molecular flexibility index (Phi) is 9.45. The van der Waals surface area contributed by atoms with Crippen LogP contribution in [0.15, 0.2) is 51.9 Å². The predicted octanol–water partition coefficient (Wildman–Crippen LogP) is -2.53. The second-order valence-corrected chi connectivity index (χ2v) is 9.40. The number of ether oxygens (including phenoxy) is 3. The Morgan fingerprint density at radius 3 is 2.15 bits per heavy atom. The lowest BCUT2D eigenvalue weighted by molar-refractivity contribution is -0.277. The highest BCUT2D eigenvalue weighted by molar-refractivity contribution is 5.88. The van der Waals surface area contributed by atoms with E-state index >= 15 is 0 Å². The van der Waals surface area contributed by atoms with E-state index in [1.165, 1.54) is 24.3 Å². The molecule has 10 N–H and O–H groups in total. The summed E-state index contributed by atoms with van der Waals surface area (Å²) in [5.41, 5.74) is 0.130. The van der Waals surface area contributed by atoms with Gasteiger partial charge in [0.25, 0.3) is 0 Å². The average molecular weight is 583 g/mol. The highest BCUT2D eigenvalue weighted by Gasteiger charge is 2.45. The smallest absolute Gasteiger partial charge is 0.229 e. The number of phenolic OH excluding ortho intramolecular Hbond substituents is 2. The quantitative estimate of drug-likeness (QED) is 0.152. The normalized spacial score (nSPS) is 31.8. The van der Waals surface area contributed by atoms with Gasteiger partial charge < -0.3 is 69.7 Å². The maximum atomic E-state index is 13.0. The lowest BCUT2D eigenvalue weighted by atomic mass is 9.99. The third-order valence-corrected chi connectivity index (χ3v) is 6.61. The molecule has 1 aromatic heterocycles. The van der Waals surface area contributed by atoms with Crippen LogP contribution in [0.25, 0.3) is 22.1 Å². The minimum Gasteiger partial charge on any atom is -0.508 e. The molecular weight excluding hydrogens is 552 g/mol. The summed E-state index contributed by atoms with van der Waals surface area (Å²) in [5.74, 6) is -0.713. The van der Waals surface area contributed by atoms with Crippen LogP contribution in [0.4, 0.5) is 0 Å². The number of fused-ring (bicyclic) bond motifs is 1. The van der Waals surface area contributed by atoms with Crippen molar-refractivity contribution in [2.75, 3.05) is 13.2 Å². The van der Waals surface area contributed by atoms with Gasteiger partial charge in [-0.2, -0.15) is 0 Å². The van der Waals surface area contributed by atoms with Crippen LogP contribution in [0.2, 0.25) is 0 Å². The molecule has 9 atom stereocenters. The van der Waals surface area contributed by atoms with Crippen LogP contribution in [0.5, 0.6) is 17.2 Å². The Morgan fingerprint density at radius 2 is 1.51 bits per heavy atom. The van der Waals surface area contributed by atoms with Gasteiger partial charge in [-0.05, 0) is 29.8 Å². The van der Waals surface area contributed by atoms with Crippen LogP contribution in [-0.4, -0.2) is 120 Å². The summed E-state index contributed by atoms with van der Waals surface area (Å²) < 4.78 is 20.8. The van der Waals surface area contributed by atoms with E-state index < -0.39 is 73.1 Å². The molecule has 0 saturated carbocycles. The Hall–Kier alpha value is -3.35. The fraction of sp³-hybridized carbons (Fsp3) is 0.423. The molecule has 15 nitrogen and oxygen atoms in total. The summed E-state index contributed by atoms with van der Waals surface area (Å²) in [6, 6.07) is 8.45. The monoisotopic (exact) mass is 582 g/mol. The number of hydrogen-bond acceptors (Lipinski definition) is 15. The molecule has 224 valence electrons. The molecule has 0 bridgehead atoms. The molecule has 0 aliphatic carbocycles. The van der Waals surface area contributed by atoms with Crippen molar-refractivity contribution in [2.45, 2.75) is 55.3 Å². The molecule has 1 unspecified atom stereocenters. The van der Waals surface area contributed by atoms with Crippen LogP contribution in [0.3, 0.4) is 0 Å². The van der Waals surface area contributed by atoms with E-state index in [1.807, 2.05) is 0 Å². The van der Waals surface area contributed by atoms with E-state index in [1.54, 1.807) is 12.1 Å². The minimum atomic E-state index is -1.71. The predicted molar refractivity (Wildman–Crippen MR) is 136 cm³/mol. The topological polar surface area (TPSA) is 260 Å². The maximum Gasteiger partial charge on any atom is 0.229 e.